The zero-order valence-electron chi connectivity index (χ0n) is 14.9. The van der Waals surface area contributed by atoms with Crippen molar-refractivity contribution >= 4 is 10.0 Å². The van der Waals surface area contributed by atoms with E-state index in [-0.39, 0.29) is 5.60 Å². The van der Waals surface area contributed by atoms with Crippen molar-refractivity contribution in [1.29, 1.82) is 0 Å². The van der Waals surface area contributed by atoms with E-state index >= 15 is 0 Å². The third-order valence-corrected chi connectivity index (χ3v) is 7.60. The molecule has 0 amide bonds. The second-order valence-electron chi connectivity index (χ2n) is 7.31. The van der Waals surface area contributed by atoms with Gasteiger partial charge >= 0.3 is 0 Å². The van der Waals surface area contributed by atoms with Crippen LogP contribution >= 0.6 is 0 Å². The average Bonchev–Trinajstić information content (AvgIpc) is 2.55. The molecule has 1 aromatic carbocycles. The summed E-state index contributed by atoms with van der Waals surface area (Å²) >= 11 is 0. The van der Waals surface area contributed by atoms with Gasteiger partial charge in [0.15, 0.2) is 0 Å². The molecule has 0 saturated carbocycles. The summed E-state index contributed by atoms with van der Waals surface area (Å²) in [4.78, 5) is 2.69. The Labute approximate surface area is 145 Å². The maximum Gasteiger partial charge on any atom is 0.243 e. The van der Waals surface area contributed by atoms with E-state index in [1.54, 1.807) is 16.4 Å². The van der Waals surface area contributed by atoms with E-state index in [0.717, 1.165) is 37.9 Å². The predicted molar refractivity (Wildman–Crippen MR) is 94.6 cm³/mol. The Kier molecular flexibility index (Phi) is 5.02. The fourth-order valence-corrected chi connectivity index (χ4v) is 5.58. The average molecular weight is 353 g/mol. The lowest BCUT2D eigenvalue weighted by atomic mass is 9.82. The SMILES string of the molecule is Cc1ccccc1S(=O)(=O)N1CCC2(CC1)CC(N(C)C)CCO2. The number of piperidine rings is 1. The normalized spacial score (nSPS) is 25.2. The van der Waals surface area contributed by atoms with E-state index < -0.39 is 10.0 Å². The summed E-state index contributed by atoms with van der Waals surface area (Å²) in [5.74, 6) is 0. The lowest BCUT2D eigenvalue weighted by Crippen LogP contribution is -2.53. The minimum absolute atomic E-state index is 0.148. The van der Waals surface area contributed by atoms with Crippen LogP contribution in [0, 0.1) is 6.92 Å². The summed E-state index contributed by atoms with van der Waals surface area (Å²) in [6.45, 7) is 3.70. The van der Waals surface area contributed by atoms with E-state index in [1.807, 2.05) is 19.1 Å². The molecule has 1 aromatic rings. The fourth-order valence-electron chi connectivity index (χ4n) is 3.91. The summed E-state index contributed by atoms with van der Waals surface area (Å²) in [5.41, 5.74) is 0.657. The zero-order chi connectivity index (χ0) is 17.4. The van der Waals surface area contributed by atoms with Crippen molar-refractivity contribution in [2.75, 3.05) is 33.8 Å². The van der Waals surface area contributed by atoms with Gasteiger partial charge in [0.1, 0.15) is 0 Å². The maximum absolute atomic E-state index is 12.9. The van der Waals surface area contributed by atoms with E-state index in [0.29, 0.717) is 24.0 Å². The molecule has 24 heavy (non-hydrogen) atoms. The summed E-state index contributed by atoms with van der Waals surface area (Å²) in [5, 5.41) is 0. The first kappa shape index (κ1) is 17.9. The summed E-state index contributed by atoms with van der Waals surface area (Å²) in [6, 6.07) is 7.74. The Hall–Kier alpha value is -0.950. The second-order valence-corrected chi connectivity index (χ2v) is 9.22. The van der Waals surface area contributed by atoms with E-state index in [1.165, 1.54) is 0 Å². The molecule has 6 heteroatoms. The van der Waals surface area contributed by atoms with Crippen molar-refractivity contribution in [2.45, 2.75) is 49.1 Å². The largest absolute Gasteiger partial charge is 0.375 e. The van der Waals surface area contributed by atoms with E-state index in [2.05, 4.69) is 19.0 Å². The topological polar surface area (TPSA) is 49.9 Å². The van der Waals surface area contributed by atoms with Gasteiger partial charge < -0.3 is 9.64 Å². The fraction of sp³-hybridized carbons (Fsp3) is 0.667. The number of ether oxygens (including phenoxy) is 1. The molecule has 134 valence electrons. The highest BCUT2D eigenvalue weighted by Gasteiger charge is 2.43. The monoisotopic (exact) mass is 352 g/mol. The van der Waals surface area contributed by atoms with Crippen molar-refractivity contribution in [3.63, 3.8) is 0 Å². The summed E-state index contributed by atoms with van der Waals surface area (Å²) in [6.07, 6.45) is 3.61. The highest BCUT2D eigenvalue weighted by atomic mass is 32.2. The number of rotatable bonds is 3. The van der Waals surface area contributed by atoms with E-state index in [9.17, 15) is 8.42 Å². The molecular weight excluding hydrogens is 324 g/mol. The van der Waals surface area contributed by atoms with Gasteiger partial charge in [-0.2, -0.15) is 4.31 Å². The highest BCUT2D eigenvalue weighted by molar-refractivity contribution is 7.89. The molecule has 2 aliphatic heterocycles. The number of hydrogen-bond donors (Lipinski definition) is 0. The zero-order valence-corrected chi connectivity index (χ0v) is 15.7. The molecule has 3 rings (SSSR count). The van der Waals surface area contributed by atoms with Crippen molar-refractivity contribution in [3.05, 3.63) is 29.8 Å². The number of benzene rings is 1. The first-order valence-electron chi connectivity index (χ1n) is 8.70. The summed E-state index contributed by atoms with van der Waals surface area (Å²) < 4.78 is 33.6. The first-order valence-corrected chi connectivity index (χ1v) is 10.1. The molecule has 1 unspecified atom stereocenters. The molecule has 2 fully saturated rings. The standard InChI is InChI=1S/C18H28N2O3S/c1-15-6-4-5-7-17(15)24(21,22)20-11-9-18(10-12-20)14-16(19(2)3)8-13-23-18/h4-7,16H,8-14H2,1-3H3. The minimum atomic E-state index is -3.41. The van der Waals surface area contributed by atoms with Gasteiger partial charge in [-0.15, -0.1) is 0 Å². The highest BCUT2D eigenvalue weighted by Crippen LogP contribution is 2.37. The molecule has 2 aliphatic rings. The lowest BCUT2D eigenvalue weighted by Gasteiger charge is -2.47. The first-order chi connectivity index (χ1) is 11.3. The quantitative estimate of drug-likeness (QED) is 0.837. The van der Waals surface area contributed by atoms with Gasteiger partial charge in [0, 0.05) is 25.7 Å². The van der Waals surface area contributed by atoms with Crippen LogP contribution in [0.25, 0.3) is 0 Å². The van der Waals surface area contributed by atoms with Crippen LogP contribution in [0.15, 0.2) is 29.2 Å². The van der Waals surface area contributed by atoms with Crippen LogP contribution in [0.4, 0.5) is 0 Å². The van der Waals surface area contributed by atoms with Gasteiger partial charge in [-0.25, -0.2) is 8.42 Å². The molecule has 2 saturated heterocycles. The molecule has 1 atom stereocenters. The van der Waals surface area contributed by atoms with Gasteiger partial charge in [0.2, 0.25) is 10.0 Å². The Morgan fingerprint density at radius 2 is 1.88 bits per heavy atom. The molecule has 0 aromatic heterocycles. The van der Waals surface area contributed by atoms with Crippen LogP contribution in [0.3, 0.4) is 0 Å². The van der Waals surface area contributed by atoms with Crippen LogP contribution in [-0.2, 0) is 14.8 Å². The van der Waals surface area contributed by atoms with E-state index in [4.69, 9.17) is 4.74 Å². The Morgan fingerprint density at radius 3 is 2.50 bits per heavy atom. The molecule has 0 bridgehead atoms. The maximum atomic E-state index is 12.9. The molecule has 0 radical (unpaired) electrons. The van der Waals surface area contributed by atoms with Crippen LogP contribution in [0.5, 0.6) is 0 Å². The van der Waals surface area contributed by atoms with Gasteiger partial charge in [-0.3, -0.25) is 0 Å². The van der Waals surface area contributed by atoms with Gasteiger partial charge in [0.25, 0.3) is 0 Å². The molecule has 1 spiro atoms. The van der Waals surface area contributed by atoms with Crippen molar-refractivity contribution in [1.82, 2.24) is 9.21 Å². The smallest absolute Gasteiger partial charge is 0.243 e. The molecule has 2 heterocycles. The van der Waals surface area contributed by atoms with Gasteiger partial charge in [-0.05, 0) is 58.3 Å². The van der Waals surface area contributed by atoms with Gasteiger partial charge in [0.05, 0.1) is 10.5 Å². The molecule has 0 N–H and O–H groups in total. The third-order valence-electron chi connectivity index (χ3n) is 5.54. The summed E-state index contributed by atoms with van der Waals surface area (Å²) in [7, 11) is 0.815. The van der Waals surface area contributed by atoms with Crippen LogP contribution in [-0.4, -0.2) is 63.1 Å². The Morgan fingerprint density at radius 1 is 1.21 bits per heavy atom. The van der Waals surface area contributed by atoms with Crippen LogP contribution in [0.2, 0.25) is 0 Å². The lowest BCUT2D eigenvalue weighted by molar-refractivity contribution is -0.123. The second kappa shape index (κ2) is 6.75. The minimum Gasteiger partial charge on any atom is -0.375 e. The van der Waals surface area contributed by atoms with Crippen molar-refractivity contribution in [3.8, 4) is 0 Å². The number of nitrogens with zero attached hydrogens (tertiary/aromatic N) is 2. The number of sulfonamides is 1. The molecular formula is C18H28N2O3S. The van der Waals surface area contributed by atoms with Crippen molar-refractivity contribution in [2.24, 2.45) is 0 Å². The number of hydrogen-bond acceptors (Lipinski definition) is 4. The Balaban J connectivity index is 1.72. The molecule has 5 nitrogen and oxygen atoms in total. The van der Waals surface area contributed by atoms with Crippen molar-refractivity contribution < 1.29 is 13.2 Å². The predicted octanol–water partition coefficient (Wildman–Crippen LogP) is 2.26. The van der Waals surface area contributed by atoms with Crippen LogP contribution in [0.1, 0.15) is 31.2 Å². The number of aryl methyl sites for hydroxylation is 1. The third kappa shape index (κ3) is 3.38. The van der Waals surface area contributed by atoms with Gasteiger partial charge in [-0.1, -0.05) is 18.2 Å². The Bertz CT molecular complexity index is 679. The van der Waals surface area contributed by atoms with Crippen LogP contribution < -0.4 is 0 Å². The molecule has 0 aliphatic carbocycles.